The van der Waals surface area contributed by atoms with Crippen LogP contribution in [0.1, 0.15) is 26.5 Å². The molecule has 4 nitrogen and oxygen atoms in total. The SMILES string of the molecule is O=C(C/C(=N/NC(=O)c1ccccc1F)C(F)(F)F)c1cccs1. The number of carbonyl (C=O) groups is 2. The van der Waals surface area contributed by atoms with E-state index in [-0.39, 0.29) is 4.88 Å². The minimum atomic E-state index is -4.91. The summed E-state index contributed by atoms with van der Waals surface area (Å²) in [5.74, 6) is -2.81. The minimum absolute atomic E-state index is 0.146. The van der Waals surface area contributed by atoms with Crippen LogP contribution in [-0.2, 0) is 0 Å². The number of carbonyl (C=O) groups excluding carboxylic acids is 2. The molecule has 0 atom stereocenters. The lowest BCUT2D eigenvalue weighted by Gasteiger charge is -2.10. The molecule has 2 rings (SSSR count). The number of ketones is 1. The number of hydrogen-bond donors (Lipinski definition) is 1. The summed E-state index contributed by atoms with van der Waals surface area (Å²) >= 11 is 0.998. The fraction of sp³-hybridized carbons (Fsp3) is 0.133. The van der Waals surface area contributed by atoms with Crippen molar-refractivity contribution in [1.82, 2.24) is 5.43 Å². The first-order valence-electron chi connectivity index (χ1n) is 6.54. The predicted molar refractivity (Wildman–Crippen MR) is 80.6 cm³/mol. The lowest BCUT2D eigenvalue weighted by Crippen LogP contribution is -2.30. The lowest BCUT2D eigenvalue weighted by molar-refractivity contribution is -0.0605. The van der Waals surface area contributed by atoms with E-state index in [0.29, 0.717) is 0 Å². The van der Waals surface area contributed by atoms with Crippen molar-refractivity contribution < 1.29 is 27.2 Å². The van der Waals surface area contributed by atoms with Crippen molar-refractivity contribution in [3.05, 3.63) is 58.0 Å². The molecule has 0 saturated carbocycles. The van der Waals surface area contributed by atoms with Crippen molar-refractivity contribution in [1.29, 1.82) is 0 Å². The van der Waals surface area contributed by atoms with Gasteiger partial charge < -0.3 is 0 Å². The summed E-state index contributed by atoms with van der Waals surface area (Å²) in [6.45, 7) is 0. The number of halogens is 4. The van der Waals surface area contributed by atoms with Crippen LogP contribution in [0.3, 0.4) is 0 Å². The average molecular weight is 358 g/mol. The molecule has 0 spiro atoms. The zero-order valence-electron chi connectivity index (χ0n) is 11.9. The third-order valence-electron chi connectivity index (χ3n) is 2.86. The Morgan fingerprint density at radius 3 is 2.42 bits per heavy atom. The molecule has 0 radical (unpaired) electrons. The Bertz CT molecular complexity index is 770. The molecule has 0 unspecified atom stereocenters. The largest absolute Gasteiger partial charge is 0.431 e. The van der Waals surface area contributed by atoms with Gasteiger partial charge in [-0.25, -0.2) is 9.82 Å². The molecule has 0 aliphatic rings. The Labute approximate surface area is 137 Å². The topological polar surface area (TPSA) is 58.5 Å². The molecule has 0 fully saturated rings. The summed E-state index contributed by atoms with van der Waals surface area (Å²) in [7, 11) is 0. The fourth-order valence-corrected chi connectivity index (χ4v) is 2.37. The molecular formula is C15H10F4N2O2S. The highest BCUT2D eigenvalue weighted by Gasteiger charge is 2.37. The molecule has 1 heterocycles. The summed E-state index contributed by atoms with van der Waals surface area (Å²) in [6.07, 6.45) is -5.93. The molecule has 0 saturated heterocycles. The van der Waals surface area contributed by atoms with Crippen molar-refractivity contribution in [3.8, 4) is 0 Å². The standard InChI is InChI=1S/C15H10F4N2O2S/c16-10-5-2-1-4-9(10)14(23)21-20-13(15(17,18)19)8-11(22)12-6-3-7-24-12/h1-7H,8H2,(H,21,23)/b20-13-. The molecule has 1 amide bonds. The Kier molecular flexibility index (Phi) is 5.45. The molecule has 126 valence electrons. The number of nitrogens with zero attached hydrogens (tertiary/aromatic N) is 1. The van der Waals surface area contributed by atoms with E-state index in [0.717, 1.165) is 23.5 Å². The zero-order valence-corrected chi connectivity index (χ0v) is 12.7. The van der Waals surface area contributed by atoms with Crippen LogP contribution in [0.25, 0.3) is 0 Å². The number of amides is 1. The second-order valence-electron chi connectivity index (χ2n) is 4.55. The third kappa shape index (κ3) is 4.48. The first-order valence-corrected chi connectivity index (χ1v) is 7.42. The number of alkyl halides is 3. The fourth-order valence-electron chi connectivity index (χ4n) is 1.70. The maximum atomic E-state index is 13.4. The molecule has 0 aliphatic carbocycles. The van der Waals surface area contributed by atoms with Crippen LogP contribution in [0, 0.1) is 5.82 Å². The third-order valence-corrected chi connectivity index (χ3v) is 3.77. The number of nitrogens with one attached hydrogen (secondary N) is 1. The second kappa shape index (κ2) is 7.35. The van der Waals surface area contributed by atoms with Gasteiger partial charge in [-0.3, -0.25) is 9.59 Å². The van der Waals surface area contributed by atoms with Gasteiger partial charge in [-0.15, -0.1) is 11.3 Å². The van der Waals surface area contributed by atoms with Crippen LogP contribution in [0.15, 0.2) is 46.9 Å². The summed E-state index contributed by atoms with van der Waals surface area (Å²) in [5, 5.41) is 4.52. The van der Waals surface area contributed by atoms with Crippen molar-refractivity contribution >= 4 is 28.7 Å². The lowest BCUT2D eigenvalue weighted by atomic mass is 10.1. The maximum absolute atomic E-state index is 13.4. The molecular weight excluding hydrogens is 348 g/mol. The van der Waals surface area contributed by atoms with Crippen LogP contribution in [-0.4, -0.2) is 23.6 Å². The summed E-state index contributed by atoms with van der Waals surface area (Å²) in [4.78, 5) is 23.6. The van der Waals surface area contributed by atoms with Crippen molar-refractivity contribution in [2.75, 3.05) is 0 Å². The van der Waals surface area contributed by atoms with Gasteiger partial charge in [0.2, 0.25) is 0 Å². The highest BCUT2D eigenvalue weighted by atomic mass is 32.1. The van der Waals surface area contributed by atoms with Gasteiger partial charge in [-0.2, -0.15) is 18.3 Å². The predicted octanol–water partition coefficient (Wildman–Crippen LogP) is 3.81. The van der Waals surface area contributed by atoms with Crippen molar-refractivity contribution in [3.63, 3.8) is 0 Å². The van der Waals surface area contributed by atoms with Crippen LogP contribution in [0.5, 0.6) is 0 Å². The van der Waals surface area contributed by atoms with Gasteiger partial charge in [0.1, 0.15) is 11.5 Å². The van der Waals surface area contributed by atoms with Crippen LogP contribution in [0.4, 0.5) is 17.6 Å². The van der Waals surface area contributed by atoms with Crippen LogP contribution < -0.4 is 5.43 Å². The van der Waals surface area contributed by atoms with E-state index in [1.807, 2.05) is 0 Å². The monoisotopic (exact) mass is 358 g/mol. The highest BCUT2D eigenvalue weighted by Crippen LogP contribution is 2.22. The highest BCUT2D eigenvalue weighted by molar-refractivity contribution is 7.12. The van der Waals surface area contributed by atoms with Gasteiger partial charge in [-0.1, -0.05) is 18.2 Å². The zero-order chi connectivity index (χ0) is 17.7. The van der Waals surface area contributed by atoms with E-state index < -0.39 is 41.4 Å². The second-order valence-corrected chi connectivity index (χ2v) is 5.50. The number of Topliss-reactive ketones (excluding diaryl/α,β-unsaturated/α-hetero) is 1. The van der Waals surface area contributed by atoms with Gasteiger partial charge in [0, 0.05) is 0 Å². The minimum Gasteiger partial charge on any atom is -0.293 e. The quantitative estimate of drug-likeness (QED) is 0.382. The van der Waals surface area contributed by atoms with Crippen LogP contribution in [0.2, 0.25) is 0 Å². The van der Waals surface area contributed by atoms with Gasteiger partial charge in [-0.05, 0) is 23.6 Å². The number of rotatable bonds is 5. The van der Waals surface area contributed by atoms with Crippen LogP contribution >= 0.6 is 11.3 Å². The number of hydrogen-bond acceptors (Lipinski definition) is 4. The summed E-state index contributed by atoms with van der Waals surface area (Å²) < 4.78 is 52.3. The molecule has 0 aliphatic heterocycles. The molecule has 9 heteroatoms. The number of benzene rings is 1. The molecule has 1 aromatic heterocycles. The Morgan fingerprint density at radius 2 is 1.83 bits per heavy atom. The number of hydrazone groups is 1. The molecule has 0 bridgehead atoms. The van der Waals surface area contributed by atoms with Gasteiger partial charge >= 0.3 is 6.18 Å². The number of thiophene rings is 1. The Morgan fingerprint density at radius 1 is 1.12 bits per heavy atom. The first-order chi connectivity index (χ1) is 11.3. The summed E-state index contributed by atoms with van der Waals surface area (Å²) in [5.41, 5.74) is -0.281. The first kappa shape index (κ1) is 17.8. The van der Waals surface area contributed by atoms with Crippen molar-refractivity contribution in [2.24, 2.45) is 5.10 Å². The van der Waals surface area contributed by atoms with E-state index in [4.69, 9.17) is 0 Å². The van der Waals surface area contributed by atoms with Crippen molar-refractivity contribution in [2.45, 2.75) is 12.6 Å². The van der Waals surface area contributed by atoms with Gasteiger partial charge in [0.25, 0.3) is 5.91 Å². The average Bonchev–Trinajstić information content (AvgIpc) is 3.04. The molecule has 2 aromatic rings. The van der Waals surface area contributed by atoms with Gasteiger partial charge in [0.05, 0.1) is 16.9 Å². The smallest absolute Gasteiger partial charge is 0.293 e. The van der Waals surface area contributed by atoms with E-state index in [9.17, 15) is 27.2 Å². The Balaban J connectivity index is 2.16. The molecule has 1 N–H and O–H groups in total. The molecule has 1 aromatic carbocycles. The van der Waals surface area contributed by atoms with E-state index in [1.165, 1.54) is 24.3 Å². The Hall–Kier alpha value is -2.55. The maximum Gasteiger partial charge on any atom is 0.431 e. The summed E-state index contributed by atoms with van der Waals surface area (Å²) in [6, 6.07) is 7.69. The van der Waals surface area contributed by atoms with E-state index >= 15 is 0 Å². The van der Waals surface area contributed by atoms with E-state index in [2.05, 4.69) is 5.10 Å². The molecule has 24 heavy (non-hydrogen) atoms. The normalized spacial score (nSPS) is 12.1. The van der Waals surface area contributed by atoms with E-state index in [1.54, 1.807) is 10.8 Å². The van der Waals surface area contributed by atoms with Gasteiger partial charge in [0.15, 0.2) is 5.78 Å².